The maximum atomic E-state index is 8.18. The molecule has 2 atom stereocenters. The highest BCUT2D eigenvalue weighted by Gasteiger charge is 2.64. The zero-order valence-electron chi connectivity index (χ0n) is 8.16. The average Bonchev–Trinajstić information content (AvgIpc) is 2.46. The predicted molar refractivity (Wildman–Crippen MR) is 49.2 cm³/mol. The molecule has 0 radical (unpaired) electrons. The summed E-state index contributed by atoms with van der Waals surface area (Å²) in [5, 5.41) is 3.55. The van der Waals surface area contributed by atoms with Gasteiger partial charge in [0.25, 0.3) is 0 Å². The molecule has 2 rings (SSSR count). The Labute approximate surface area is 77.9 Å². The Morgan fingerprint density at radius 2 is 2.31 bits per heavy atom. The molecule has 1 spiro atoms. The second kappa shape index (κ2) is 2.63. The second-order valence-electron chi connectivity index (χ2n) is 4.89. The van der Waals surface area contributed by atoms with E-state index < -0.39 is 0 Å². The summed E-state index contributed by atoms with van der Waals surface area (Å²) in [6.07, 6.45) is 2.49. The van der Waals surface area contributed by atoms with Crippen LogP contribution in [0.25, 0.3) is 10.4 Å². The van der Waals surface area contributed by atoms with Gasteiger partial charge in [-0.1, -0.05) is 19.0 Å². The summed E-state index contributed by atoms with van der Waals surface area (Å²) in [6.45, 7) is 5.92. The van der Waals surface area contributed by atoms with E-state index >= 15 is 0 Å². The van der Waals surface area contributed by atoms with E-state index in [1.165, 1.54) is 6.42 Å². The van der Waals surface area contributed by atoms with Gasteiger partial charge in [-0.15, -0.1) is 0 Å². The van der Waals surface area contributed by atoms with Gasteiger partial charge in [-0.2, -0.15) is 0 Å². The third-order valence-electron chi connectivity index (χ3n) is 3.65. The average molecular weight is 181 g/mol. The number of ether oxygens (including phenoxy) is 1. The molecule has 0 aromatic rings. The lowest BCUT2D eigenvalue weighted by molar-refractivity contribution is 0.108. The third-order valence-corrected chi connectivity index (χ3v) is 3.65. The monoisotopic (exact) mass is 181 g/mol. The largest absolute Gasteiger partial charge is 0.377 e. The summed E-state index contributed by atoms with van der Waals surface area (Å²) >= 11 is 0. The Bertz CT molecular complexity index is 270. The molecule has 2 fully saturated rings. The smallest absolute Gasteiger partial charge is 0.0638 e. The molecule has 0 N–H and O–H groups in total. The summed E-state index contributed by atoms with van der Waals surface area (Å²) < 4.78 is 5.60. The Hall–Kier alpha value is -0.730. The standard InChI is InChI=1S/C9H15N3O/c1-8(2)5-9(8)3-7(13-6-9)4-11-12-10/h7H,3-6H2,1-2H3. The Morgan fingerprint density at radius 3 is 2.77 bits per heavy atom. The Kier molecular flexibility index (Phi) is 1.79. The molecule has 72 valence electrons. The van der Waals surface area contributed by atoms with Crippen LogP contribution in [0.15, 0.2) is 5.11 Å². The van der Waals surface area contributed by atoms with Gasteiger partial charge in [-0.3, -0.25) is 0 Å². The van der Waals surface area contributed by atoms with Gasteiger partial charge in [0.05, 0.1) is 19.3 Å². The molecule has 0 amide bonds. The molecule has 2 aliphatic rings. The molecule has 1 saturated heterocycles. The fraction of sp³-hybridized carbons (Fsp3) is 1.00. The zero-order valence-corrected chi connectivity index (χ0v) is 8.16. The van der Waals surface area contributed by atoms with Gasteiger partial charge >= 0.3 is 0 Å². The third kappa shape index (κ3) is 1.30. The van der Waals surface area contributed by atoms with Crippen molar-refractivity contribution >= 4 is 0 Å². The molecule has 4 heteroatoms. The van der Waals surface area contributed by atoms with E-state index in [4.69, 9.17) is 10.3 Å². The summed E-state index contributed by atoms with van der Waals surface area (Å²) in [6, 6.07) is 0. The first-order valence-electron chi connectivity index (χ1n) is 4.72. The van der Waals surface area contributed by atoms with Crippen LogP contribution in [0, 0.1) is 10.8 Å². The van der Waals surface area contributed by atoms with Crippen molar-refractivity contribution in [3.63, 3.8) is 0 Å². The molecule has 0 aromatic carbocycles. The van der Waals surface area contributed by atoms with Crippen LogP contribution in [0.4, 0.5) is 0 Å². The number of hydrogen-bond acceptors (Lipinski definition) is 2. The molecule has 1 heterocycles. The van der Waals surface area contributed by atoms with Crippen LogP contribution < -0.4 is 0 Å². The van der Waals surface area contributed by atoms with Crippen molar-refractivity contribution in [1.29, 1.82) is 0 Å². The lowest BCUT2D eigenvalue weighted by atomic mass is 9.93. The Balaban J connectivity index is 1.92. The first-order valence-corrected chi connectivity index (χ1v) is 4.72. The van der Waals surface area contributed by atoms with Crippen molar-refractivity contribution in [1.82, 2.24) is 0 Å². The van der Waals surface area contributed by atoms with Gasteiger partial charge in [0.15, 0.2) is 0 Å². The maximum Gasteiger partial charge on any atom is 0.0638 e. The summed E-state index contributed by atoms with van der Waals surface area (Å²) in [4.78, 5) is 2.75. The normalized spacial score (nSPS) is 40.3. The number of hydrogen-bond donors (Lipinski definition) is 0. The maximum absolute atomic E-state index is 8.18. The van der Waals surface area contributed by atoms with Crippen LogP contribution in [0.1, 0.15) is 26.7 Å². The lowest BCUT2D eigenvalue weighted by Gasteiger charge is -2.09. The van der Waals surface area contributed by atoms with Gasteiger partial charge < -0.3 is 4.74 Å². The molecule has 0 bridgehead atoms. The van der Waals surface area contributed by atoms with Crippen molar-refractivity contribution < 1.29 is 4.74 Å². The molecule has 0 aromatic heterocycles. The van der Waals surface area contributed by atoms with Crippen LogP contribution in [0.5, 0.6) is 0 Å². The predicted octanol–water partition coefficient (Wildman–Crippen LogP) is 2.50. The van der Waals surface area contributed by atoms with Crippen LogP contribution in [-0.2, 0) is 4.74 Å². The molecule has 2 unspecified atom stereocenters. The van der Waals surface area contributed by atoms with E-state index in [0.717, 1.165) is 13.0 Å². The van der Waals surface area contributed by atoms with Gasteiger partial charge in [0.2, 0.25) is 0 Å². The van der Waals surface area contributed by atoms with Crippen LogP contribution in [0.3, 0.4) is 0 Å². The highest BCUT2D eigenvalue weighted by atomic mass is 16.5. The van der Waals surface area contributed by atoms with Crippen LogP contribution in [-0.4, -0.2) is 19.3 Å². The molecule has 13 heavy (non-hydrogen) atoms. The van der Waals surface area contributed by atoms with Gasteiger partial charge in [-0.05, 0) is 23.8 Å². The van der Waals surface area contributed by atoms with Gasteiger partial charge in [-0.25, -0.2) is 0 Å². The van der Waals surface area contributed by atoms with Crippen molar-refractivity contribution in [2.75, 3.05) is 13.2 Å². The lowest BCUT2D eigenvalue weighted by Crippen LogP contribution is -2.10. The van der Waals surface area contributed by atoms with E-state index in [2.05, 4.69) is 23.9 Å². The quantitative estimate of drug-likeness (QED) is 0.367. The van der Waals surface area contributed by atoms with E-state index in [0.29, 0.717) is 17.4 Å². The van der Waals surface area contributed by atoms with E-state index in [1.54, 1.807) is 0 Å². The SMILES string of the molecule is CC1(C)CC12COC(CN=[N+]=[N-])C2. The fourth-order valence-corrected chi connectivity index (χ4v) is 2.47. The minimum atomic E-state index is 0.165. The van der Waals surface area contributed by atoms with Crippen molar-refractivity contribution in [2.24, 2.45) is 15.9 Å². The first-order chi connectivity index (χ1) is 6.10. The highest BCUT2D eigenvalue weighted by molar-refractivity contribution is 5.12. The number of rotatable bonds is 2. The van der Waals surface area contributed by atoms with Gasteiger partial charge in [0, 0.05) is 10.3 Å². The molecular formula is C9H15N3O. The van der Waals surface area contributed by atoms with E-state index in [1.807, 2.05) is 0 Å². The topological polar surface area (TPSA) is 58.0 Å². The number of nitrogens with zero attached hydrogens (tertiary/aromatic N) is 3. The highest BCUT2D eigenvalue weighted by Crippen LogP contribution is 2.68. The van der Waals surface area contributed by atoms with Gasteiger partial charge in [0.1, 0.15) is 0 Å². The van der Waals surface area contributed by atoms with Crippen molar-refractivity contribution in [3.05, 3.63) is 10.4 Å². The minimum Gasteiger partial charge on any atom is -0.377 e. The van der Waals surface area contributed by atoms with Crippen LogP contribution >= 0.6 is 0 Å². The van der Waals surface area contributed by atoms with E-state index in [-0.39, 0.29) is 6.10 Å². The zero-order chi connectivity index (χ0) is 9.53. The van der Waals surface area contributed by atoms with Crippen molar-refractivity contribution in [2.45, 2.75) is 32.8 Å². The molecule has 1 saturated carbocycles. The second-order valence-corrected chi connectivity index (χ2v) is 4.89. The summed E-state index contributed by atoms with van der Waals surface area (Å²) in [7, 11) is 0. The van der Waals surface area contributed by atoms with E-state index in [9.17, 15) is 0 Å². The molecular weight excluding hydrogens is 166 g/mol. The Morgan fingerprint density at radius 1 is 1.62 bits per heavy atom. The number of azide groups is 1. The molecule has 4 nitrogen and oxygen atoms in total. The minimum absolute atomic E-state index is 0.165. The summed E-state index contributed by atoms with van der Waals surface area (Å²) in [5.74, 6) is 0. The molecule has 1 aliphatic heterocycles. The fourth-order valence-electron chi connectivity index (χ4n) is 2.47. The van der Waals surface area contributed by atoms with Crippen LogP contribution in [0.2, 0.25) is 0 Å². The summed E-state index contributed by atoms with van der Waals surface area (Å²) in [5.41, 5.74) is 9.03. The van der Waals surface area contributed by atoms with Crippen molar-refractivity contribution in [3.8, 4) is 0 Å². The molecule has 1 aliphatic carbocycles. The first kappa shape index (κ1) is 8.85.